The van der Waals surface area contributed by atoms with Crippen molar-refractivity contribution in [3.63, 3.8) is 0 Å². The zero-order chi connectivity index (χ0) is 11.6. The summed E-state index contributed by atoms with van der Waals surface area (Å²) in [6, 6.07) is 1.66. The molecule has 0 saturated carbocycles. The number of ether oxygens (including phenoxy) is 2. The van der Waals surface area contributed by atoms with Crippen LogP contribution in [0.4, 0.5) is 0 Å². The van der Waals surface area contributed by atoms with Gasteiger partial charge in [0.05, 0.1) is 19.2 Å². The third kappa shape index (κ3) is 1.99. The molecule has 4 nitrogen and oxygen atoms in total. The van der Waals surface area contributed by atoms with Crippen LogP contribution < -0.4 is 15.2 Å². The average Bonchev–Trinajstić information content (AvgIpc) is 2.16. The molecule has 5 heteroatoms. The van der Waals surface area contributed by atoms with E-state index in [1.807, 2.05) is 0 Å². The van der Waals surface area contributed by atoms with Crippen molar-refractivity contribution in [1.29, 1.82) is 0 Å². The largest absolute Gasteiger partial charge is 0.495 e. The highest BCUT2D eigenvalue weighted by molar-refractivity contribution is 6.33. The highest BCUT2D eigenvalue weighted by atomic mass is 35.5. The van der Waals surface area contributed by atoms with Gasteiger partial charge in [-0.15, -0.1) is 0 Å². The molecular formula is C10H12ClNO3. The third-order valence-corrected chi connectivity index (χ3v) is 2.31. The van der Waals surface area contributed by atoms with E-state index < -0.39 is 5.91 Å². The zero-order valence-electron chi connectivity index (χ0n) is 8.76. The van der Waals surface area contributed by atoms with Crippen LogP contribution in [-0.4, -0.2) is 20.1 Å². The van der Waals surface area contributed by atoms with Crippen LogP contribution in [0, 0.1) is 6.92 Å². The SMILES string of the molecule is COc1c(C)cc(Cl)c(OC)c1C(N)=O. The Bertz CT molecular complexity index is 376. The molecule has 0 spiro atoms. The standard InChI is InChI=1S/C10H12ClNO3/c1-5-4-6(11)9(15-3)7(10(12)13)8(5)14-2/h4H,1-3H3,(H2,12,13). The lowest BCUT2D eigenvalue weighted by atomic mass is 10.1. The first-order valence-corrected chi connectivity index (χ1v) is 4.61. The summed E-state index contributed by atoms with van der Waals surface area (Å²) in [7, 11) is 2.88. The molecule has 1 amide bonds. The van der Waals surface area contributed by atoms with Crippen LogP contribution in [0.25, 0.3) is 0 Å². The molecule has 1 aromatic rings. The van der Waals surface area contributed by atoms with Crippen molar-refractivity contribution in [2.45, 2.75) is 6.92 Å². The topological polar surface area (TPSA) is 61.6 Å². The molecule has 0 radical (unpaired) electrons. The van der Waals surface area contributed by atoms with Gasteiger partial charge in [-0.3, -0.25) is 4.79 Å². The summed E-state index contributed by atoms with van der Waals surface area (Å²) >= 11 is 5.92. The van der Waals surface area contributed by atoms with E-state index in [0.29, 0.717) is 10.8 Å². The van der Waals surface area contributed by atoms with Gasteiger partial charge in [0.15, 0.2) is 5.75 Å². The predicted octanol–water partition coefficient (Wildman–Crippen LogP) is 1.76. The first-order chi connectivity index (χ1) is 7.02. The molecule has 82 valence electrons. The van der Waals surface area contributed by atoms with E-state index in [1.165, 1.54) is 14.2 Å². The van der Waals surface area contributed by atoms with Crippen molar-refractivity contribution in [2.24, 2.45) is 5.73 Å². The maximum atomic E-state index is 11.3. The molecule has 15 heavy (non-hydrogen) atoms. The first-order valence-electron chi connectivity index (χ1n) is 4.23. The van der Waals surface area contributed by atoms with Crippen LogP contribution in [0.15, 0.2) is 6.07 Å². The smallest absolute Gasteiger partial charge is 0.256 e. The Morgan fingerprint density at radius 1 is 1.33 bits per heavy atom. The Kier molecular flexibility index (Phi) is 3.42. The van der Waals surface area contributed by atoms with Crippen LogP contribution in [-0.2, 0) is 0 Å². The molecule has 0 fully saturated rings. The van der Waals surface area contributed by atoms with Gasteiger partial charge in [-0.25, -0.2) is 0 Å². The second-order valence-electron chi connectivity index (χ2n) is 2.98. The third-order valence-electron chi connectivity index (χ3n) is 2.03. The Morgan fingerprint density at radius 2 is 1.87 bits per heavy atom. The summed E-state index contributed by atoms with van der Waals surface area (Å²) in [6.45, 7) is 1.77. The van der Waals surface area contributed by atoms with Crippen molar-refractivity contribution >= 4 is 17.5 Å². The number of hydrogen-bond donors (Lipinski definition) is 1. The number of hydrogen-bond acceptors (Lipinski definition) is 3. The Hall–Kier alpha value is -1.42. The maximum absolute atomic E-state index is 11.3. The number of carbonyl (C=O) groups is 1. The molecule has 1 rings (SSSR count). The minimum Gasteiger partial charge on any atom is -0.495 e. The van der Waals surface area contributed by atoms with E-state index in [2.05, 4.69) is 0 Å². The number of rotatable bonds is 3. The summed E-state index contributed by atoms with van der Waals surface area (Å²) in [6.07, 6.45) is 0. The molecule has 0 aliphatic rings. The number of amides is 1. The fourth-order valence-corrected chi connectivity index (χ4v) is 1.76. The van der Waals surface area contributed by atoms with Crippen molar-refractivity contribution in [3.8, 4) is 11.5 Å². The van der Waals surface area contributed by atoms with Crippen molar-refractivity contribution in [3.05, 3.63) is 22.2 Å². The number of carbonyl (C=O) groups excluding carboxylic acids is 1. The fraction of sp³-hybridized carbons (Fsp3) is 0.300. The molecule has 1 aromatic carbocycles. The number of halogens is 1. The highest BCUT2D eigenvalue weighted by Crippen LogP contribution is 2.37. The number of nitrogens with two attached hydrogens (primary N) is 1. The number of aryl methyl sites for hydroxylation is 1. The van der Waals surface area contributed by atoms with E-state index in [0.717, 1.165) is 5.56 Å². The second-order valence-corrected chi connectivity index (χ2v) is 3.39. The Balaban J connectivity index is 3.58. The maximum Gasteiger partial charge on any atom is 0.256 e. The van der Waals surface area contributed by atoms with Gasteiger partial charge in [-0.2, -0.15) is 0 Å². The molecule has 0 aromatic heterocycles. The zero-order valence-corrected chi connectivity index (χ0v) is 9.51. The Labute approximate surface area is 92.9 Å². The minimum atomic E-state index is -0.630. The summed E-state index contributed by atoms with van der Waals surface area (Å²) in [4.78, 5) is 11.3. The number of benzene rings is 1. The van der Waals surface area contributed by atoms with E-state index in [9.17, 15) is 4.79 Å². The van der Waals surface area contributed by atoms with Gasteiger partial charge < -0.3 is 15.2 Å². The molecule has 0 aliphatic carbocycles. The van der Waals surface area contributed by atoms with E-state index in [4.69, 9.17) is 26.8 Å². The van der Waals surface area contributed by atoms with Crippen LogP contribution in [0.5, 0.6) is 11.5 Å². The molecular weight excluding hydrogens is 218 g/mol. The number of methoxy groups -OCH3 is 2. The molecule has 0 atom stereocenters. The van der Waals surface area contributed by atoms with Crippen LogP contribution >= 0.6 is 11.6 Å². The predicted molar refractivity (Wildman–Crippen MR) is 57.8 cm³/mol. The highest BCUT2D eigenvalue weighted by Gasteiger charge is 2.20. The van der Waals surface area contributed by atoms with Gasteiger partial charge in [-0.05, 0) is 18.6 Å². The van der Waals surface area contributed by atoms with Crippen LogP contribution in [0.2, 0.25) is 5.02 Å². The molecule has 0 bridgehead atoms. The summed E-state index contributed by atoms with van der Waals surface area (Å²) in [5.41, 5.74) is 6.15. The molecule has 2 N–H and O–H groups in total. The average molecular weight is 230 g/mol. The normalized spacial score (nSPS) is 9.87. The van der Waals surface area contributed by atoms with Gasteiger partial charge >= 0.3 is 0 Å². The van der Waals surface area contributed by atoms with E-state index in [-0.39, 0.29) is 11.3 Å². The molecule has 0 heterocycles. The molecule has 0 unspecified atom stereocenters. The van der Waals surface area contributed by atoms with Crippen LogP contribution in [0.3, 0.4) is 0 Å². The molecule has 0 saturated heterocycles. The fourth-order valence-electron chi connectivity index (χ4n) is 1.43. The van der Waals surface area contributed by atoms with Gasteiger partial charge in [0, 0.05) is 0 Å². The lowest BCUT2D eigenvalue weighted by molar-refractivity contribution is 0.0994. The monoisotopic (exact) mass is 229 g/mol. The van der Waals surface area contributed by atoms with E-state index in [1.54, 1.807) is 13.0 Å². The van der Waals surface area contributed by atoms with E-state index >= 15 is 0 Å². The summed E-state index contributed by atoms with van der Waals surface area (Å²) in [5, 5.41) is 0.338. The van der Waals surface area contributed by atoms with Gasteiger partial charge in [0.2, 0.25) is 0 Å². The van der Waals surface area contributed by atoms with Crippen molar-refractivity contribution in [2.75, 3.05) is 14.2 Å². The number of primary amides is 1. The van der Waals surface area contributed by atoms with Crippen molar-refractivity contribution in [1.82, 2.24) is 0 Å². The minimum absolute atomic E-state index is 0.171. The lowest BCUT2D eigenvalue weighted by Gasteiger charge is -2.14. The molecule has 0 aliphatic heterocycles. The second kappa shape index (κ2) is 4.40. The first kappa shape index (κ1) is 11.7. The van der Waals surface area contributed by atoms with Gasteiger partial charge in [0.25, 0.3) is 5.91 Å². The summed E-state index contributed by atoms with van der Waals surface area (Å²) in [5.74, 6) is 0.00432. The lowest BCUT2D eigenvalue weighted by Crippen LogP contribution is -2.15. The summed E-state index contributed by atoms with van der Waals surface area (Å²) < 4.78 is 10.1. The van der Waals surface area contributed by atoms with Crippen molar-refractivity contribution < 1.29 is 14.3 Å². The quantitative estimate of drug-likeness (QED) is 0.859. The Morgan fingerprint density at radius 3 is 2.27 bits per heavy atom. The van der Waals surface area contributed by atoms with Gasteiger partial charge in [-0.1, -0.05) is 11.6 Å². The van der Waals surface area contributed by atoms with Crippen LogP contribution in [0.1, 0.15) is 15.9 Å². The van der Waals surface area contributed by atoms with Gasteiger partial charge in [0.1, 0.15) is 11.3 Å².